The third-order valence-electron chi connectivity index (χ3n) is 3.02. The van der Waals surface area contributed by atoms with Crippen LogP contribution in [0.5, 0.6) is 0 Å². The van der Waals surface area contributed by atoms with Crippen molar-refractivity contribution in [1.82, 2.24) is 0 Å². The summed E-state index contributed by atoms with van der Waals surface area (Å²) in [5, 5.41) is 4.46. The minimum atomic E-state index is -0.827. The molecule has 6 heteroatoms. The number of amides is 1. The molecule has 0 fully saturated rings. The van der Waals surface area contributed by atoms with Gasteiger partial charge in [-0.3, -0.25) is 4.79 Å². The monoisotopic (exact) mass is 307 g/mol. The quantitative estimate of drug-likeness (QED) is 0.881. The number of methoxy groups -OCH3 is 1. The van der Waals surface area contributed by atoms with Gasteiger partial charge in [-0.25, -0.2) is 9.18 Å². The van der Waals surface area contributed by atoms with Crippen LogP contribution < -0.4 is 5.32 Å². The van der Waals surface area contributed by atoms with Gasteiger partial charge in [-0.2, -0.15) is 0 Å². The predicted octanol–water partition coefficient (Wildman–Crippen LogP) is 3.42. The highest BCUT2D eigenvalue weighted by atomic mass is 32.1. The van der Waals surface area contributed by atoms with Crippen molar-refractivity contribution in [2.75, 3.05) is 12.4 Å². The number of esters is 1. The molecule has 4 nitrogen and oxygen atoms in total. The zero-order valence-corrected chi connectivity index (χ0v) is 12.4. The topological polar surface area (TPSA) is 55.4 Å². The Morgan fingerprint density at radius 1 is 1.29 bits per heavy atom. The molecule has 1 N–H and O–H groups in total. The summed E-state index contributed by atoms with van der Waals surface area (Å²) < 4.78 is 18.3. The zero-order valence-electron chi connectivity index (χ0n) is 11.6. The Morgan fingerprint density at radius 3 is 2.67 bits per heavy atom. The van der Waals surface area contributed by atoms with Gasteiger partial charge in [-0.05, 0) is 30.5 Å². The summed E-state index contributed by atoms with van der Waals surface area (Å²) in [6.07, 6.45) is 0. The molecule has 21 heavy (non-hydrogen) atoms. The first-order valence-corrected chi connectivity index (χ1v) is 7.13. The molecule has 2 rings (SSSR count). The lowest BCUT2D eigenvalue weighted by Crippen LogP contribution is -2.20. The standard InChI is InChI=1S/C15H14FNO3S/c1-9(12-7-4-8-21-12)14(18)17-11-6-3-5-10(16)13(11)15(19)20-2/h3-9H,1-2H3,(H,17,18)/t9-/m1/s1. The van der Waals surface area contributed by atoms with Crippen molar-refractivity contribution in [1.29, 1.82) is 0 Å². The molecule has 1 atom stereocenters. The Kier molecular flexibility index (Phi) is 4.70. The van der Waals surface area contributed by atoms with Crippen LogP contribution in [0.3, 0.4) is 0 Å². The van der Waals surface area contributed by atoms with Crippen molar-refractivity contribution in [2.45, 2.75) is 12.8 Å². The first-order valence-electron chi connectivity index (χ1n) is 6.25. The molecule has 110 valence electrons. The van der Waals surface area contributed by atoms with Gasteiger partial charge in [0.1, 0.15) is 11.4 Å². The summed E-state index contributed by atoms with van der Waals surface area (Å²) in [4.78, 5) is 24.7. The highest BCUT2D eigenvalue weighted by molar-refractivity contribution is 7.10. The van der Waals surface area contributed by atoms with Gasteiger partial charge in [0.05, 0.1) is 18.7 Å². The van der Waals surface area contributed by atoms with E-state index in [1.165, 1.54) is 23.5 Å². The molecule has 0 spiro atoms. The third-order valence-corrected chi connectivity index (χ3v) is 4.08. The normalized spacial score (nSPS) is 11.8. The van der Waals surface area contributed by atoms with Gasteiger partial charge in [0.15, 0.2) is 0 Å². The lowest BCUT2D eigenvalue weighted by Gasteiger charge is -2.13. The fourth-order valence-electron chi connectivity index (χ4n) is 1.85. The number of anilines is 1. The molecule has 1 amide bonds. The maximum atomic E-state index is 13.8. The predicted molar refractivity (Wildman–Crippen MR) is 79.1 cm³/mol. The molecule has 0 aliphatic heterocycles. The number of ether oxygens (including phenoxy) is 1. The van der Waals surface area contributed by atoms with Crippen molar-refractivity contribution >= 4 is 28.9 Å². The lowest BCUT2D eigenvalue weighted by atomic mass is 10.1. The first kappa shape index (κ1) is 15.2. The second-order valence-corrected chi connectivity index (χ2v) is 5.36. The van der Waals surface area contributed by atoms with Crippen LogP contribution in [0.25, 0.3) is 0 Å². The number of hydrogen-bond acceptors (Lipinski definition) is 4. The van der Waals surface area contributed by atoms with Crippen molar-refractivity contribution in [3.8, 4) is 0 Å². The molecule has 1 aromatic heterocycles. The molecule has 0 aliphatic carbocycles. The molecule has 0 unspecified atom stereocenters. The Hall–Kier alpha value is -2.21. The van der Waals surface area contributed by atoms with E-state index in [1.807, 2.05) is 17.5 Å². The van der Waals surface area contributed by atoms with Gasteiger partial charge >= 0.3 is 5.97 Å². The number of benzene rings is 1. The molecular weight excluding hydrogens is 293 g/mol. The van der Waals surface area contributed by atoms with Crippen LogP contribution in [0, 0.1) is 5.82 Å². The van der Waals surface area contributed by atoms with E-state index in [-0.39, 0.29) is 17.2 Å². The number of carbonyl (C=O) groups is 2. The SMILES string of the molecule is COC(=O)c1c(F)cccc1NC(=O)[C@H](C)c1cccs1. The Labute approximate surface area is 125 Å². The van der Waals surface area contributed by atoms with Gasteiger partial charge in [0.25, 0.3) is 0 Å². The fraction of sp³-hybridized carbons (Fsp3) is 0.200. The molecule has 1 heterocycles. The summed E-state index contributed by atoms with van der Waals surface area (Å²) >= 11 is 1.46. The molecule has 0 aliphatic rings. The first-order chi connectivity index (χ1) is 10.0. The minimum Gasteiger partial charge on any atom is -0.465 e. The highest BCUT2D eigenvalue weighted by Gasteiger charge is 2.22. The second kappa shape index (κ2) is 6.49. The van der Waals surface area contributed by atoms with Crippen LogP contribution in [0.4, 0.5) is 10.1 Å². The molecular formula is C15H14FNO3S. The minimum absolute atomic E-state index is 0.107. The van der Waals surface area contributed by atoms with E-state index in [1.54, 1.807) is 6.92 Å². The molecule has 0 bridgehead atoms. The second-order valence-electron chi connectivity index (χ2n) is 4.38. The van der Waals surface area contributed by atoms with E-state index in [0.29, 0.717) is 0 Å². The average molecular weight is 307 g/mol. The van der Waals surface area contributed by atoms with Gasteiger partial charge in [-0.1, -0.05) is 12.1 Å². The summed E-state index contributed by atoms with van der Waals surface area (Å²) in [6.45, 7) is 1.75. The maximum Gasteiger partial charge on any atom is 0.342 e. The third kappa shape index (κ3) is 3.28. The van der Waals surface area contributed by atoms with Crippen LogP contribution in [0.2, 0.25) is 0 Å². The van der Waals surface area contributed by atoms with E-state index in [9.17, 15) is 14.0 Å². The fourth-order valence-corrected chi connectivity index (χ4v) is 2.63. The van der Waals surface area contributed by atoms with Crippen LogP contribution >= 0.6 is 11.3 Å². The van der Waals surface area contributed by atoms with E-state index < -0.39 is 17.7 Å². The van der Waals surface area contributed by atoms with Crippen molar-refractivity contribution in [2.24, 2.45) is 0 Å². The number of rotatable bonds is 4. The van der Waals surface area contributed by atoms with Crippen LogP contribution in [0.15, 0.2) is 35.7 Å². The summed E-state index contributed by atoms with van der Waals surface area (Å²) in [6, 6.07) is 7.74. The van der Waals surface area contributed by atoms with Crippen molar-refractivity contribution in [3.63, 3.8) is 0 Å². The van der Waals surface area contributed by atoms with Crippen LogP contribution in [0.1, 0.15) is 28.1 Å². The molecule has 0 saturated carbocycles. The number of nitrogens with one attached hydrogen (secondary N) is 1. The van der Waals surface area contributed by atoms with E-state index in [2.05, 4.69) is 10.1 Å². The molecule has 2 aromatic rings. The number of halogens is 1. The summed E-state index contributed by atoms with van der Waals surface area (Å²) in [5.74, 6) is -2.26. The van der Waals surface area contributed by atoms with Crippen LogP contribution in [-0.2, 0) is 9.53 Å². The average Bonchev–Trinajstić information content (AvgIpc) is 3.00. The highest BCUT2D eigenvalue weighted by Crippen LogP contribution is 2.25. The van der Waals surface area contributed by atoms with Gasteiger partial charge in [0, 0.05) is 4.88 Å². The number of hydrogen-bond donors (Lipinski definition) is 1. The van der Waals surface area contributed by atoms with Gasteiger partial charge in [-0.15, -0.1) is 11.3 Å². The summed E-state index contributed by atoms with van der Waals surface area (Å²) in [5.41, 5.74) is -0.165. The Bertz CT molecular complexity index is 655. The molecule has 1 aromatic carbocycles. The van der Waals surface area contributed by atoms with Crippen LogP contribution in [-0.4, -0.2) is 19.0 Å². The van der Waals surface area contributed by atoms with E-state index in [4.69, 9.17) is 0 Å². The largest absolute Gasteiger partial charge is 0.465 e. The van der Waals surface area contributed by atoms with Gasteiger partial charge in [0.2, 0.25) is 5.91 Å². The van der Waals surface area contributed by atoms with Gasteiger partial charge < -0.3 is 10.1 Å². The Morgan fingerprint density at radius 2 is 2.05 bits per heavy atom. The summed E-state index contributed by atoms with van der Waals surface area (Å²) in [7, 11) is 1.16. The zero-order chi connectivity index (χ0) is 15.4. The van der Waals surface area contributed by atoms with E-state index in [0.717, 1.165) is 18.1 Å². The number of thiophene rings is 1. The Balaban J connectivity index is 2.25. The molecule has 0 radical (unpaired) electrons. The van der Waals surface area contributed by atoms with E-state index >= 15 is 0 Å². The lowest BCUT2D eigenvalue weighted by molar-refractivity contribution is -0.117. The number of carbonyl (C=O) groups excluding carboxylic acids is 2. The van der Waals surface area contributed by atoms with Crippen molar-refractivity contribution in [3.05, 3.63) is 52.0 Å². The smallest absolute Gasteiger partial charge is 0.342 e. The van der Waals surface area contributed by atoms with Crippen molar-refractivity contribution < 1.29 is 18.7 Å². The molecule has 0 saturated heterocycles. The maximum absolute atomic E-state index is 13.8.